The SMILES string of the molecule is COc1c(C)cc(Br)c(C)c1CCCCCNC1CC1. The van der Waals surface area contributed by atoms with Gasteiger partial charge in [-0.25, -0.2) is 0 Å². The molecule has 1 aliphatic carbocycles. The lowest BCUT2D eigenvalue weighted by atomic mass is 9.98. The third-order valence-corrected chi connectivity index (χ3v) is 4.93. The summed E-state index contributed by atoms with van der Waals surface area (Å²) >= 11 is 3.65. The highest BCUT2D eigenvalue weighted by atomic mass is 79.9. The van der Waals surface area contributed by atoms with Gasteiger partial charge in [0.1, 0.15) is 5.75 Å². The molecule has 0 unspecified atom stereocenters. The van der Waals surface area contributed by atoms with Crippen LogP contribution >= 0.6 is 15.9 Å². The number of unbranched alkanes of at least 4 members (excludes halogenated alkanes) is 2. The fraction of sp³-hybridized carbons (Fsp3) is 0.647. The number of halogens is 1. The lowest BCUT2D eigenvalue weighted by Crippen LogP contribution is -2.17. The van der Waals surface area contributed by atoms with Crippen LogP contribution in [-0.4, -0.2) is 19.7 Å². The van der Waals surface area contributed by atoms with Gasteiger partial charge in [-0.05, 0) is 75.3 Å². The second-order valence-electron chi connectivity index (χ2n) is 5.85. The van der Waals surface area contributed by atoms with E-state index in [1.165, 1.54) is 59.8 Å². The number of rotatable bonds is 8. The van der Waals surface area contributed by atoms with Crippen molar-refractivity contribution in [2.24, 2.45) is 0 Å². The van der Waals surface area contributed by atoms with Crippen molar-refractivity contribution in [3.63, 3.8) is 0 Å². The van der Waals surface area contributed by atoms with Crippen molar-refractivity contribution >= 4 is 15.9 Å². The Kier molecular flexibility index (Phi) is 5.91. The molecule has 0 bridgehead atoms. The summed E-state index contributed by atoms with van der Waals surface area (Å²) in [5.74, 6) is 1.07. The molecule has 20 heavy (non-hydrogen) atoms. The zero-order chi connectivity index (χ0) is 14.5. The molecule has 0 saturated heterocycles. The zero-order valence-electron chi connectivity index (χ0n) is 12.9. The molecule has 2 rings (SSSR count). The number of nitrogens with one attached hydrogen (secondary N) is 1. The average Bonchev–Trinajstić information content (AvgIpc) is 3.23. The summed E-state index contributed by atoms with van der Waals surface area (Å²) in [6.45, 7) is 5.47. The van der Waals surface area contributed by atoms with Crippen LogP contribution in [0.1, 0.15) is 48.8 Å². The van der Waals surface area contributed by atoms with Gasteiger partial charge in [0, 0.05) is 10.5 Å². The van der Waals surface area contributed by atoms with Gasteiger partial charge in [0.25, 0.3) is 0 Å². The van der Waals surface area contributed by atoms with E-state index in [9.17, 15) is 0 Å². The highest BCUT2D eigenvalue weighted by molar-refractivity contribution is 9.10. The molecule has 0 heterocycles. The second kappa shape index (κ2) is 7.46. The van der Waals surface area contributed by atoms with Crippen LogP contribution in [0.25, 0.3) is 0 Å². The summed E-state index contributed by atoms with van der Waals surface area (Å²) in [6.07, 6.45) is 7.68. The molecular formula is C17H26BrNO. The molecule has 0 spiro atoms. The van der Waals surface area contributed by atoms with Crippen LogP contribution in [0.5, 0.6) is 5.75 Å². The molecule has 2 nitrogen and oxygen atoms in total. The highest BCUT2D eigenvalue weighted by Gasteiger charge is 2.19. The lowest BCUT2D eigenvalue weighted by Gasteiger charge is -2.16. The topological polar surface area (TPSA) is 21.3 Å². The van der Waals surface area contributed by atoms with Crippen molar-refractivity contribution in [1.82, 2.24) is 5.32 Å². The number of hydrogen-bond donors (Lipinski definition) is 1. The maximum Gasteiger partial charge on any atom is 0.125 e. The summed E-state index contributed by atoms with van der Waals surface area (Å²) in [7, 11) is 1.78. The highest BCUT2D eigenvalue weighted by Crippen LogP contribution is 2.33. The number of hydrogen-bond acceptors (Lipinski definition) is 2. The van der Waals surface area contributed by atoms with Gasteiger partial charge in [-0.2, -0.15) is 0 Å². The fourth-order valence-electron chi connectivity index (χ4n) is 2.70. The summed E-state index contributed by atoms with van der Waals surface area (Å²) in [5.41, 5.74) is 3.91. The van der Waals surface area contributed by atoms with Crippen LogP contribution in [0.15, 0.2) is 10.5 Å². The third kappa shape index (κ3) is 4.23. The molecule has 1 aromatic rings. The smallest absolute Gasteiger partial charge is 0.125 e. The molecular weight excluding hydrogens is 314 g/mol. The molecule has 1 aliphatic rings. The van der Waals surface area contributed by atoms with E-state index in [-0.39, 0.29) is 0 Å². The van der Waals surface area contributed by atoms with Crippen molar-refractivity contribution in [3.05, 3.63) is 27.2 Å². The molecule has 1 saturated carbocycles. The van der Waals surface area contributed by atoms with Crippen molar-refractivity contribution in [3.8, 4) is 5.75 Å². The molecule has 0 atom stereocenters. The van der Waals surface area contributed by atoms with Gasteiger partial charge in [-0.3, -0.25) is 0 Å². The first kappa shape index (κ1) is 15.8. The van der Waals surface area contributed by atoms with Crippen LogP contribution < -0.4 is 10.1 Å². The van der Waals surface area contributed by atoms with Crippen molar-refractivity contribution in [2.45, 2.75) is 58.4 Å². The Morgan fingerprint density at radius 2 is 2.00 bits per heavy atom. The summed E-state index contributed by atoms with van der Waals surface area (Å²) in [4.78, 5) is 0. The van der Waals surface area contributed by atoms with E-state index in [1.807, 2.05) is 0 Å². The first-order valence-corrected chi connectivity index (χ1v) is 8.48. The zero-order valence-corrected chi connectivity index (χ0v) is 14.5. The van der Waals surface area contributed by atoms with E-state index >= 15 is 0 Å². The predicted octanol–water partition coefficient (Wildman–Crippen LogP) is 4.54. The van der Waals surface area contributed by atoms with E-state index in [0.717, 1.165) is 18.2 Å². The summed E-state index contributed by atoms with van der Waals surface area (Å²) in [5, 5.41) is 3.58. The van der Waals surface area contributed by atoms with Gasteiger partial charge < -0.3 is 10.1 Å². The van der Waals surface area contributed by atoms with Crippen LogP contribution in [-0.2, 0) is 6.42 Å². The van der Waals surface area contributed by atoms with Crippen LogP contribution in [0, 0.1) is 13.8 Å². The Balaban J connectivity index is 1.84. The standard InChI is InChI=1S/C17H26BrNO/c1-12-11-16(18)13(2)15(17(12)20-3)7-5-4-6-10-19-14-8-9-14/h11,14,19H,4-10H2,1-3H3. The van der Waals surface area contributed by atoms with Crippen LogP contribution in [0.3, 0.4) is 0 Å². The van der Waals surface area contributed by atoms with Gasteiger partial charge in [-0.1, -0.05) is 22.4 Å². The van der Waals surface area contributed by atoms with Crippen LogP contribution in [0.2, 0.25) is 0 Å². The maximum atomic E-state index is 5.60. The number of methoxy groups -OCH3 is 1. The minimum absolute atomic E-state index is 0.838. The van der Waals surface area contributed by atoms with Gasteiger partial charge in [0.05, 0.1) is 7.11 Å². The molecule has 0 aliphatic heterocycles. The molecule has 0 radical (unpaired) electrons. The number of aryl methyl sites for hydroxylation is 1. The first-order chi connectivity index (χ1) is 9.63. The Labute approximate surface area is 131 Å². The molecule has 0 amide bonds. The van der Waals surface area contributed by atoms with E-state index in [1.54, 1.807) is 7.11 Å². The number of ether oxygens (including phenoxy) is 1. The molecule has 1 aromatic carbocycles. The quantitative estimate of drug-likeness (QED) is 0.702. The van der Waals surface area contributed by atoms with E-state index < -0.39 is 0 Å². The lowest BCUT2D eigenvalue weighted by molar-refractivity contribution is 0.405. The van der Waals surface area contributed by atoms with Gasteiger partial charge in [-0.15, -0.1) is 0 Å². The molecule has 0 aromatic heterocycles. The Bertz CT molecular complexity index is 455. The van der Waals surface area contributed by atoms with E-state index in [2.05, 4.69) is 41.2 Å². The second-order valence-corrected chi connectivity index (χ2v) is 6.71. The Morgan fingerprint density at radius 1 is 1.25 bits per heavy atom. The Hall–Kier alpha value is -0.540. The Morgan fingerprint density at radius 3 is 2.65 bits per heavy atom. The van der Waals surface area contributed by atoms with Crippen molar-refractivity contribution in [1.29, 1.82) is 0 Å². The van der Waals surface area contributed by atoms with E-state index in [0.29, 0.717) is 0 Å². The summed E-state index contributed by atoms with van der Waals surface area (Å²) in [6, 6.07) is 2.99. The van der Waals surface area contributed by atoms with Gasteiger partial charge >= 0.3 is 0 Å². The fourth-order valence-corrected chi connectivity index (χ4v) is 3.28. The minimum atomic E-state index is 0.838. The minimum Gasteiger partial charge on any atom is -0.496 e. The number of benzene rings is 1. The molecule has 1 N–H and O–H groups in total. The molecule has 3 heteroatoms. The van der Waals surface area contributed by atoms with Crippen LogP contribution in [0.4, 0.5) is 0 Å². The van der Waals surface area contributed by atoms with Gasteiger partial charge in [0.2, 0.25) is 0 Å². The van der Waals surface area contributed by atoms with Crippen molar-refractivity contribution < 1.29 is 4.74 Å². The largest absolute Gasteiger partial charge is 0.496 e. The predicted molar refractivity (Wildman–Crippen MR) is 88.7 cm³/mol. The third-order valence-electron chi connectivity index (χ3n) is 4.10. The average molecular weight is 340 g/mol. The normalized spacial score (nSPS) is 14.6. The first-order valence-electron chi connectivity index (χ1n) is 7.69. The monoisotopic (exact) mass is 339 g/mol. The molecule has 112 valence electrons. The van der Waals surface area contributed by atoms with E-state index in [4.69, 9.17) is 4.74 Å². The maximum absolute atomic E-state index is 5.60. The molecule has 1 fully saturated rings. The van der Waals surface area contributed by atoms with Gasteiger partial charge in [0.15, 0.2) is 0 Å². The summed E-state index contributed by atoms with van der Waals surface area (Å²) < 4.78 is 6.79. The van der Waals surface area contributed by atoms with Crippen molar-refractivity contribution in [2.75, 3.05) is 13.7 Å².